The molecule has 1 N–H and O–H groups in total. The maximum atomic E-state index is 12.3. The van der Waals surface area contributed by atoms with Crippen LogP contribution in [-0.2, 0) is 0 Å². The van der Waals surface area contributed by atoms with E-state index in [4.69, 9.17) is 4.42 Å². The topological polar surface area (TPSA) is 45.5 Å². The molecule has 7 heteroatoms. The van der Waals surface area contributed by atoms with Gasteiger partial charge in [-0.3, -0.25) is 4.79 Å². The van der Waals surface area contributed by atoms with Crippen LogP contribution in [-0.4, -0.2) is 42.7 Å². The zero-order valence-electron chi connectivity index (χ0n) is 12.7. The Balaban J connectivity index is 1.95. The first-order valence-corrected chi connectivity index (χ1v) is 7.40. The van der Waals surface area contributed by atoms with E-state index in [0.717, 1.165) is 0 Å². The van der Waals surface area contributed by atoms with E-state index in [0.29, 0.717) is 13.1 Å². The maximum Gasteiger partial charge on any atom is 0.390 e. The van der Waals surface area contributed by atoms with Crippen molar-refractivity contribution >= 4 is 5.91 Å². The third-order valence-electron chi connectivity index (χ3n) is 4.07. The molecule has 0 aromatic carbocycles. The highest BCUT2D eigenvalue weighted by molar-refractivity contribution is 5.91. The molecule has 0 saturated carbocycles. The third-order valence-corrected chi connectivity index (χ3v) is 4.07. The minimum Gasteiger partial charge on any atom is -0.459 e. The van der Waals surface area contributed by atoms with E-state index >= 15 is 0 Å². The molecule has 0 unspecified atom stereocenters. The van der Waals surface area contributed by atoms with Crippen LogP contribution in [0.1, 0.15) is 30.8 Å². The van der Waals surface area contributed by atoms with Crippen molar-refractivity contribution in [3.05, 3.63) is 24.2 Å². The Bertz CT molecular complexity index is 485. The van der Waals surface area contributed by atoms with Gasteiger partial charge in [-0.15, -0.1) is 0 Å². The number of amides is 1. The van der Waals surface area contributed by atoms with E-state index in [1.807, 2.05) is 13.8 Å². The van der Waals surface area contributed by atoms with Gasteiger partial charge >= 0.3 is 6.18 Å². The second-order valence-electron chi connectivity index (χ2n) is 6.09. The molecular formula is C15H21F3N2O2. The van der Waals surface area contributed by atoms with Crippen LogP contribution >= 0.6 is 0 Å². The first-order valence-electron chi connectivity index (χ1n) is 7.40. The van der Waals surface area contributed by atoms with Gasteiger partial charge in [0.05, 0.1) is 12.7 Å². The van der Waals surface area contributed by atoms with Gasteiger partial charge in [0.15, 0.2) is 5.76 Å². The lowest BCUT2D eigenvalue weighted by Gasteiger charge is -2.22. The van der Waals surface area contributed by atoms with Crippen LogP contribution in [0.2, 0.25) is 0 Å². The van der Waals surface area contributed by atoms with Crippen molar-refractivity contribution in [1.29, 1.82) is 0 Å². The molecule has 1 fully saturated rings. The Labute approximate surface area is 127 Å². The van der Waals surface area contributed by atoms with E-state index in [1.165, 1.54) is 6.26 Å². The first-order chi connectivity index (χ1) is 10.3. The van der Waals surface area contributed by atoms with Gasteiger partial charge in [0.25, 0.3) is 5.91 Å². The fraction of sp³-hybridized carbons (Fsp3) is 0.667. The van der Waals surface area contributed by atoms with Crippen LogP contribution in [0.25, 0.3) is 0 Å². The Hall–Kier alpha value is -1.50. The summed E-state index contributed by atoms with van der Waals surface area (Å²) >= 11 is 0. The number of nitrogens with zero attached hydrogens (tertiary/aromatic N) is 1. The van der Waals surface area contributed by atoms with Crippen LogP contribution in [0.4, 0.5) is 13.2 Å². The van der Waals surface area contributed by atoms with Crippen molar-refractivity contribution < 1.29 is 22.4 Å². The summed E-state index contributed by atoms with van der Waals surface area (Å²) in [4.78, 5) is 13.8. The predicted octanol–water partition coefficient (Wildman–Crippen LogP) is 2.92. The molecule has 22 heavy (non-hydrogen) atoms. The summed E-state index contributed by atoms with van der Waals surface area (Å²) in [5.41, 5.74) is 0. The van der Waals surface area contributed by atoms with Gasteiger partial charge in [-0.1, -0.05) is 13.8 Å². The molecule has 1 aromatic rings. The molecule has 2 rings (SSSR count). The van der Waals surface area contributed by atoms with E-state index in [1.54, 1.807) is 17.0 Å². The smallest absolute Gasteiger partial charge is 0.390 e. The van der Waals surface area contributed by atoms with Crippen LogP contribution < -0.4 is 5.32 Å². The van der Waals surface area contributed by atoms with Gasteiger partial charge in [0.1, 0.15) is 0 Å². The average Bonchev–Trinajstić information content (AvgIpc) is 3.04. The lowest BCUT2D eigenvalue weighted by molar-refractivity contribution is -0.137. The van der Waals surface area contributed by atoms with Gasteiger partial charge in [-0.05, 0) is 24.0 Å². The molecule has 1 aliphatic rings. The van der Waals surface area contributed by atoms with Gasteiger partial charge < -0.3 is 14.6 Å². The standard InChI is InChI=1S/C15H21F3N2O2/c1-10(2)11-8-20(6-5-15(16,17)18)9-12(11)19-14(21)13-4-3-7-22-13/h3-4,7,10-12H,5-6,8-9H2,1-2H3,(H,19,21)/t11-,12+/m1/s1. The van der Waals surface area contributed by atoms with E-state index in [2.05, 4.69) is 5.32 Å². The number of hydrogen-bond acceptors (Lipinski definition) is 3. The summed E-state index contributed by atoms with van der Waals surface area (Å²) in [6.07, 6.45) is -3.56. The number of alkyl halides is 3. The van der Waals surface area contributed by atoms with Crippen molar-refractivity contribution in [2.24, 2.45) is 11.8 Å². The van der Waals surface area contributed by atoms with Gasteiger partial charge in [-0.2, -0.15) is 13.2 Å². The zero-order chi connectivity index (χ0) is 16.3. The molecule has 0 radical (unpaired) electrons. The molecule has 1 aliphatic heterocycles. The Morgan fingerprint density at radius 2 is 2.18 bits per heavy atom. The number of carbonyl (C=O) groups excluding carboxylic acids is 1. The number of likely N-dealkylation sites (tertiary alicyclic amines) is 1. The van der Waals surface area contributed by atoms with Gasteiger partial charge in [0.2, 0.25) is 0 Å². The second-order valence-corrected chi connectivity index (χ2v) is 6.09. The summed E-state index contributed by atoms with van der Waals surface area (Å²) < 4.78 is 42.1. The molecule has 1 aromatic heterocycles. The van der Waals surface area contributed by atoms with E-state index in [9.17, 15) is 18.0 Å². The Morgan fingerprint density at radius 1 is 1.45 bits per heavy atom. The average molecular weight is 318 g/mol. The van der Waals surface area contributed by atoms with Crippen LogP contribution in [0, 0.1) is 11.8 Å². The number of nitrogens with one attached hydrogen (secondary N) is 1. The maximum absolute atomic E-state index is 12.3. The van der Waals surface area contributed by atoms with Crippen LogP contribution in [0.3, 0.4) is 0 Å². The van der Waals surface area contributed by atoms with Gasteiger partial charge in [0, 0.05) is 25.7 Å². The summed E-state index contributed by atoms with van der Waals surface area (Å²) in [6, 6.07) is 3.03. The second kappa shape index (κ2) is 6.73. The van der Waals surface area contributed by atoms with E-state index < -0.39 is 12.6 Å². The highest BCUT2D eigenvalue weighted by atomic mass is 19.4. The summed E-state index contributed by atoms with van der Waals surface area (Å²) in [7, 11) is 0. The molecule has 124 valence electrons. The number of furan rings is 1. The molecule has 1 amide bonds. The Kier molecular flexibility index (Phi) is 5.16. The lowest BCUT2D eigenvalue weighted by atomic mass is 9.91. The fourth-order valence-corrected chi connectivity index (χ4v) is 2.86. The normalized spacial score (nSPS) is 23.2. The van der Waals surface area contributed by atoms with Crippen molar-refractivity contribution in [2.45, 2.75) is 32.5 Å². The van der Waals surface area contributed by atoms with Crippen molar-refractivity contribution in [2.75, 3.05) is 19.6 Å². The molecule has 4 nitrogen and oxygen atoms in total. The molecule has 0 spiro atoms. The van der Waals surface area contributed by atoms with Crippen LogP contribution in [0.5, 0.6) is 0 Å². The lowest BCUT2D eigenvalue weighted by Crippen LogP contribution is -2.42. The van der Waals surface area contributed by atoms with Gasteiger partial charge in [-0.25, -0.2) is 0 Å². The number of carbonyl (C=O) groups is 1. The quantitative estimate of drug-likeness (QED) is 0.908. The highest BCUT2D eigenvalue weighted by Gasteiger charge is 2.37. The zero-order valence-corrected chi connectivity index (χ0v) is 12.7. The SMILES string of the molecule is CC(C)[C@H]1CN(CCC(F)(F)F)C[C@@H]1NC(=O)c1ccco1. The Morgan fingerprint density at radius 3 is 2.73 bits per heavy atom. The summed E-state index contributed by atoms with van der Waals surface area (Å²) in [6.45, 7) is 5.01. The highest BCUT2D eigenvalue weighted by Crippen LogP contribution is 2.27. The molecule has 1 saturated heterocycles. The first kappa shape index (κ1) is 16.9. The van der Waals surface area contributed by atoms with E-state index in [-0.39, 0.29) is 36.1 Å². The molecule has 2 heterocycles. The van der Waals surface area contributed by atoms with Crippen molar-refractivity contribution in [3.8, 4) is 0 Å². The third kappa shape index (κ3) is 4.50. The molecule has 0 aliphatic carbocycles. The molecule has 2 atom stereocenters. The van der Waals surface area contributed by atoms with Crippen LogP contribution in [0.15, 0.2) is 22.8 Å². The monoisotopic (exact) mass is 318 g/mol. The molecule has 0 bridgehead atoms. The number of hydrogen-bond donors (Lipinski definition) is 1. The molecular weight excluding hydrogens is 297 g/mol. The van der Waals surface area contributed by atoms with Crippen molar-refractivity contribution in [3.63, 3.8) is 0 Å². The number of halogens is 3. The van der Waals surface area contributed by atoms with Crippen molar-refractivity contribution in [1.82, 2.24) is 10.2 Å². The summed E-state index contributed by atoms with van der Waals surface area (Å²) in [5, 5.41) is 2.88. The summed E-state index contributed by atoms with van der Waals surface area (Å²) in [5.74, 6) is 0.305. The minimum atomic E-state index is -4.15. The largest absolute Gasteiger partial charge is 0.459 e. The predicted molar refractivity (Wildman–Crippen MR) is 75.4 cm³/mol. The fourth-order valence-electron chi connectivity index (χ4n) is 2.86. The number of rotatable bonds is 5. The minimum absolute atomic E-state index is 0.0279.